The highest BCUT2D eigenvalue weighted by Gasteiger charge is 2.20. The highest BCUT2D eigenvalue weighted by atomic mass is 35.5. The Hall–Kier alpha value is -2.13. The van der Waals surface area contributed by atoms with Gasteiger partial charge >= 0.3 is 0 Å². The number of benzene rings is 2. The lowest BCUT2D eigenvalue weighted by Crippen LogP contribution is -2.35. The predicted octanol–water partition coefficient (Wildman–Crippen LogP) is 3.30. The minimum absolute atomic E-state index is 0.00492. The molecular formula is C19H23ClN2O5S. The summed E-state index contributed by atoms with van der Waals surface area (Å²) in [5.74, 6) is -0.0402. The van der Waals surface area contributed by atoms with Crippen molar-refractivity contribution >= 4 is 33.2 Å². The molecule has 1 atom stereocenters. The standard InChI is InChI=1S/C19H23ClN2O5S/c1-4-27-18-10-9-16(28(24,25)22-13(2)12-26-3)11-17(18)21-19(23)14-5-7-15(20)8-6-14/h5-11,13,22H,4,12H2,1-3H3,(H,21,23)/t13-/m1/s1. The number of ether oxygens (including phenoxy) is 2. The van der Waals surface area contributed by atoms with E-state index in [4.69, 9.17) is 21.1 Å². The van der Waals surface area contributed by atoms with Crippen molar-refractivity contribution in [2.75, 3.05) is 25.6 Å². The first-order chi connectivity index (χ1) is 13.3. The van der Waals surface area contributed by atoms with E-state index in [0.29, 0.717) is 22.9 Å². The lowest BCUT2D eigenvalue weighted by atomic mass is 10.2. The summed E-state index contributed by atoms with van der Waals surface area (Å²) in [4.78, 5) is 12.5. The van der Waals surface area contributed by atoms with Gasteiger partial charge in [-0.1, -0.05) is 11.6 Å². The molecule has 0 radical (unpaired) electrons. The zero-order valence-electron chi connectivity index (χ0n) is 15.9. The van der Waals surface area contributed by atoms with Crippen molar-refractivity contribution in [1.29, 1.82) is 0 Å². The molecule has 0 aliphatic carbocycles. The summed E-state index contributed by atoms with van der Waals surface area (Å²) in [6, 6.07) is 10.2. The molecule has 2 N–H and O–H groups in total. The van der Waals surface area contributed by atoms with Crippen LogP contribution in [0.4, 0.5) is 5.69 Å². The third kappa shape index (κ3) is 5.93. The molecule has 0 saturated carbocycles. The number of methoxy groups -OCH3 is 1. The first kappa shape index (κ1) is 22.2. The molecule has 152 valence electrons. The van der Waals surface area contributed by atoms with Crippen molar-refractivity contribution in [3.8, 4) is 5.75 Å². The van der Waals surface area contributed by atoms with Gasteiger partial charge < -0.3 is 14.8 Å². The van der Waals surface area contributed by atoms with Crippen LogP contribution < -0.4 is 14.8 Å². The van der Waals surface area contributed by atoms with E-state index in [1.54, 1.807) is 38.1 Å². The lowest BCUT2D eigenvalue weighted by molar-refractivity contribution is 0.102. The van der Waals surface area contributed by atoms with Gasteiger partial charge in [-0.15, -0.1) is 0 Å². The van der Waals surface area contributed by atoms with Crippen molar-refractivity contribution in [3.05, 3.63) is 53.1 Å². The number of nitrogens with one attached hydrogen (secondary N) is 2. The molecule has 0 spiro atoms. The molecule has 2 aromatic rings. The van der Waals surface area contributed by atoms with Gasteiger partial charge in [-0.2, -0.15) is 0 Å². The molecule has 28 heavy (non-hydrogen) atoms. The molecule has 2 aromatic carbocycles. The molecular weight excluding hydrogens is 404 g/mol. The van der Waals surface area contributed by atoms with Crippen molar-refractivity contribution in [2.24, 2.45) is 0 Å². The van der Waals surface area contributed by atoms with E-state index < -0.39 is 22.0 Å². The maximum absolute atomic E-state index is 12.6. The number of sulfonamides is 1. The molecule has 0 fully saturated rings. The van der Waals surface area contributed by atoms with Crippen LogP contribution in [0.3, 0.4) is 0 Å². The average Bonchev–Trinajstić information content (AvgIpc) is 2.63. The summed E-state index contributed by atoms with van der Waals surface area (Å²) in [6.07, 6.45) is 0. The molecule has 0 bridgehead atoms. The van der Waals surface area contributed by atoms with E-state index in [9.17, 15) is 13.2 Å². The van der Waals surface area contributed by atoms with Crippen molar-refractivity contribution in [2.45, 2.75) is 24.8 Å². The van der Waals surface area contributed by atoms with Gasteiger partial charge in [0.05, 0.1) is 23.8 Å². The smallest absolute Gasteiger partial charge is 0.255 e. The summed E-state index contributed by atoms with van der Waals surface area (Å²) < 4.78 is 38.2. The fourth-order valence-corrected chi connectivity index (χ4v) is 3.85. The zero-order valence-corrected chi connectivity index (χ0v) is 17.4. The van der Waals surface area contributed by atoms with E-state index in [1.165, 1.54) is 25.3 Å². The Kier molecular flexibility index (Phi) is 7.82. The molecule has 0 heterocycles. The summed E-state index contributed by atoms with van der Waals surface area (Å²) in [6.45, 7) is 4.08. The Balaban J connectivity index is 2.32. The third-order valence-electron chi connectivity index (χ3n) is 3.69. The Morgan fingerprint density at radius 3 is 2.46 bits per heavy atom. The van der Waals surface area contributed by atoms with Gasteiger partial charge in [-0.3, -0.25) is 4.79 Å². The molecule has 1 amide bonds. The number of hydrogen-bond donors (Lipinski definition) is 2. The number of rotatable bonds is 9. The van der Waals surface area contributed by atoms with Gasteiger partial charge in [0.15, 0.2) is 0 Å². The third-order valence-corrected chi connectivity index (χ3v) is 5.53. The van der Waals surface area contributed by atoms with Crippen molar-refractivity contribution < 1.29 is 22.7 Å². The molecule has 0 aliphatic heterocycles. The Labute approximate surface area is 170 Å². The van der Waals surface area contributed by atoms with Crippen LogP contribution in [0, 0.1) is 0 Å². The molecule has 9 heteroatoms. The number of hydrogen-bond acceptors (Lipinski definition) is 5. The van der Waals surface area contributed by atoms with E-state index in [-0.39, 0.29) is 17.2 Å². The van der Waals surface area contributed by atoms with Crippen LogP contribution in [0.25, 0.3) is 0 Å². The van der Waals surface area contributed by atoms with Gasteiger partial charge in [0, 0.05) is 23.7 Å². The van der Waals surface area contributed by atoms with Crippen LogP contribution in [0.2, 0.25) is 5.02 Å². The summed E-state index contributed by atoms with van der Waals surface area (Å²) in [5, 5.41) is 3.21. The molecule has 0 aliphatic rings. The lowest BCUT2D eigenvalue weighted by Gasteiger charge is -2.16. The Morgan fingerprint density at radius 1 is 1.18 bits per heavy atom. The monoisotopic (exact) mass is 426 g/mol. The average molecular weight is 427 g/mol. The predicted molar refractivity (Wildman–Crippen MR) is 109 cm³/mol. The maximum atomic E-state index is 12.6. The summed E-state index contributed by atoms with van der Waals surface area (Å²) >= 11 is 5.84. The molecule has 2 rings (SSSR count). The minimum Gasteiger partial charge on any atom is -0.492 e. The van der Waals surface area contributed by atoms with E-state index >= 15 is 0 Å². The Bertz CT molecular complexity index is 916. The van der Waals surface area contributed by atoms with Crippen LogP contribution in [0.1, 0.15) is 24.2 Å². The van der Waals surface area contributed by atoms with Crippen LogP contribution in [0.15, 0.2) is 47.4 Å². The van der Waals surface area contributed by atoms with Crippen LogP contribution in [-0.2, 0) is 14.8 Å². The van der Waals surface area contributed by atoms with E-state index in [1.807, 2.05) is 0 Å². The Morgan fingerprint density at radius 2 is 1.86 bits per heavy atom. The second kappa shape index (κ2) is 9.88. The maximum Gasteiger partial charge on any atom is 0.255 e. The van der Waals surface area contributed by atoms with Gasteiger partial charge in [-0.05, 0) is 56.3 Å². The second-order valence-corrected chi connectivity index (χ2v) is 8.18. The second-order valence-electron chi connectivity index (χ2n) is 6.03. The topological polar surface area (TPSA) is 93.7 Å². The van der Waals surface area contributed by atoms with Crippen LogP contribution in [-0.4, -0.2) is 40.7 Å². The minimum atomic E-state index is -3.80. The van der Waals surface area contributed by atoms with E-state index in [0.717, 1.165) is 0 Å². The first-order valence-corrected chi connectivity index (χ1v) is 10.5. The van der Waals surface area contributed by atoms with Crippen molar-refractivity contribution in [1.82, 2.24) is 4.72 Å². The summed E-state index contributed by atoms with van der Waals surface area (Å²) in [5.41, 5.74) is 0.635. The SMILES string of the molecule is CCOc1ccc(S(=O)(=O)N[C@H](C)COC)cc1NC(=O)c1ccc(Cl)cc1. The largest absolute Gasteiger partial charge is 0.492 e. The number of carbonyl (C=O) groups excluding carboxylic acids is 1. The highest BCUT2D eigenvalue weighted by molar-refractivity contribution is 7.89. The summed E-state index contributed by atoms with van der Waals surface area (Å²) in [7, 11) is -2.30. The number of halogens is 1. The fraction of sp³-hybridized carbons (Fsp3) is 0.316. The number of amides is 1. The van der Waals surface area contributed by atoms with Gasteiger partial charge in [0.2, 0.25) is 10.0 Å². The fourth-order valence-electron chi connectivity index (χ4n) is 2.47. The molecule has 7 nitrogen and oxygen atoms in total. The van der Waals surface area contributed by atoms with Crippen molar-refractivity contribution in [3.63, 3.8) is 0 Å². The van der Waals surface area contributed by atoms with Crippen LogP contribution >= 0.6 is 11.6 Å². The first-order valence-electron chi connectivity index (χ1n) is 8.62. The number of carbonyl (C=O) groups is 1. The quantitative estimate of drug-likeness (QED) is 0.641. The van der Waals surface area contributed by atoms with Crippen LogP contribution in [0.5, 0.6) is 5.75 Å². The number of anilines is 1. The molecule has 0 saturated heterocycles. The zero-order chi connectivity index (χ0) is 20.7. The molecule has 0 unspecified atom stereocenters. The highest BCUT2D eigenvalue weighted by Crippen LogP contribution is 2.28. The van der Waals surface area contributed by atoms with Gasteiger partial charge in [0.25, 0.3) is 5.91 Å². The normalized spacial score (nSPS) is 12.4. The molecule has 0 aromatic heterocycles. The van der Waals surface area contributed by atoms with Gasteiger partial charge in [0.1, 0.15) is 5.75 Å². The van der Waals surface area contributed by atoms with Gasteiger partial charge in [-0.25, -0.2) is 13.1 Å². The van der Waals surface area contributed by atoms with E-state index in [2.05, 4.69) is 10.0 Å².